The van der Waals surface area contributed by atoms with Crippen LogP contribution in [0.25, 0.3) is 0 Å². The number of carbonyl (C=O) groups excluding carboxylic acids is 1. The van der Waals surface area contributed by atoms with E-state index in [-0.39, 0.29) is 5.91 Å². The first-order chi connectivity index (χ1) is 3.39. The van der Waals surface area contributed by atoms with Crippen LogP contribution in [0.3, 0.4) is 0 Å². The highest BCUT2D eigenvalue weighted by Crippen LogP contribution is 1.97. The van der Waals surface area contributed by atoms with Crippen LogP contribution in [0.1, 0.15) is 12.8 Å². The molecule has 1 radical (unpaired) electrons. The van der Waals surface area contributed by atoms with Crippen molar-refractivity contribution in [1.29, 1.82) is 0 Å². The van der Waals surface area contributed by atoms with E-state index >= 15 is 0 Å². The van der Waals surface area contributed by atoms with E-state index in [0.29, 0.717) is 0 Å². The Morgan fingerprint density at radius 2 is 2.57 bits per heavy atom. The number of carbonyl (C=O) groups is 1. The fraction of sp³-hybridized carbons (Fsp3) is 0.600. The lowest BCUT2D eigenvalue weighted by molar-refractivity contribution is -0.118. The van der Waals surface area contributed by atoms with Crippen molar-refractivity contribution in [2.45, 2.75) is 12.8 Å². The Balaban J connectivity index is 2.25. The predicted octanol–water partition coefficient (Wildman–Crippen LogP) is 0.101. The molecule has 1 saturated heterocycles. The van der Waals surface area contributed by atoms with E-state index in [9.17, 15) is 4.79 Å². The minimum Gasteiger partial charge on any atom is -0.356 e. The molecule has 0 aromatic rings. The SMILES string of the molecule is O=C1[CH]CCCN1. The Hall–Kier alpha value is -0.530. The van der Waals surface area contributed by atoms with Crippen LogP contribution < -0.4 is 5.32 Å². The van der Waals surface area contributed by atoms with Gasteiger partial charge in [0, 0.05) is 13.0 Å². The summed E-state index contributed by atoms with van der Waals surface area (Å²) in [5.41, 5.74) is 0. The van der Waals surface area contributed by atoms with Gasteiger partial charge in [0.1, 0.15) is 0 Å². The van der Waals surface area contributed by atoms with Gasteiger partial charge >= 0.3 is 0 Å². The van der Waals surface area contributed by atoms with Crippen LogP contribution in [-0.4, -0.2) is 12.5 Å². The van der Waals surface area contributed by atoms with Crippen molar-refractivity contribution in [3.8, 4) is 0 Å². The number of rotatable bonds is 0. The number of amides is 1. The lowest BCUT2D eigenvalue weighted by atomic mass is 10.2. The average molecular weight is 98.1 g/mol. The topological polar surface area (TPSA) is 29.1 Å². The van der Waals surface area contributed by atoms with Crippen LogP contribution in [0.4, 0.5) is 0 Å². The third-order valence-corrected chi connectivity index (χ3v) is 1.01. The van der Waals surface area contributed by atoms with Crippen molar-refractivity contribution in [3.05, 3.63) is 6.42 Å². The van der Waals surface area contributed by atoms with Gasteiger partial charge in [-0.2, -0.15) is 0 Å². The largest absolute Gasteiger partial charge is 0.356 e. The van der Waals surface area contributed by atoms with Gasteiger partial charge in [0.25, 0.3) is 0 Å². The molecule has 39 valence electrons. The lowest BCUT2D eigenvalue weighted by Gasteiger charge is -2.08. The second kappa shape index (κ2) is 1.96. The average Bonchev–Trinajstić information content (AvgIpc) is 1.69. The van der Waals surface area contributed by atoms with Gasteiger partial charge < -0.3 is 5.32 Å². The highest BCUT2D eigenvalue weighted by Gasteiger charge is 2.04. The number of hydrogen-bond acceptors (Lipinski definition) is 1. The smallest absolute Gasteiger partial charge is 0.223 e. The molecule has 1 heterocycles. The zero-order valence-corrected chi connectivity index (χ0v) is 4.11. The Labute approximate surface area is 42.9 Å². The van der Waals surface area contributed by atoms with Crippen molar-refractivity contribution in [2.24, 2.45) is 0 Å². The summed E-state index contributed by atoms with van der Waals surface area (Å²) in [6.45, 7) is 0.856. The molecule has 1 rings (SSSR count). The standard InChI is InChI=1S/C5H8NO/c7-5-3-1-2-4-6-5/h3H,1-2,4H2,(H,6,7). The normalized spacial score (nSPS) is 21.4. The Morgan fingerprint density at radius 1 is 1.71 bits per heavy atom. The molecule has 0 spiro atoms. The van der Waals surface area contributed by atoms with Crippen LogP contribution in [-0.2, 0) is 4.79 Å². The van der Waals surface area contributed by atoms with Crippen molar-refractivity contribution in [3.63, 3.8) is 0 Å². The monoisotopic (exact) mass is 98.1 g/mol. The third kappa shape index (κ3) is 1.18. The maximum Gasteiger partial charge on any atom is 0.223 e. The van der Waals surface area contributed by atoms with Crippen molar-refractivity contribution >= 4 is 5.91 Å². The third-order valence-electron chi connectivity index (χ3n) is 1.01. The van der Waals surface area contributed by atoms with E-state index in [1.807, 2.05) is 0 Å². The summed E-state index contributed by atoms with van der Waals surface area (Å²) in [4.78, 5) is 10.3. The molecule has 0 saturated carbocycles. The van der Waals surface area contributed by atoms with Crippen molar-refractivity contribution in [2.75, 3.05) is 6.54 Å². The van der Waals surface area contributed by atoms with E-state index in [0.717, 1.165) is 19.4 Å². The predicted molar refractivity (Wildman–Crippen MR) is 26.5 cm³/mol. The molecule has 0 aromatic carbocycles. The second-order valence-electron chi connectivity index (χ2n) is 1.64. The highest BCUT2D eigenvalue weighted by atomic mass is 16.1. The number of piperidine rings is 1. The van der Waals surface area contributed by atoms with Gasteiger partial charge in [-0.1, -0.05) is 0 Å². The van der Waals surface area contributed by atoms with Crippen LogP contribution in [0, 0.1) is 6.42 Å². The van der Waals surface area contributed by atoms with Crippen LogP contribution >= 0.6 is 0 Å². The maximum absolute atomic E-state index is 10.3. The summed E-state index contributed by atoms with van der Waals surface area (Å²) < 4.78 is 0. The highest BCUT2D eigenvalue weighted by molar-refractivity contribution is 5.85. The fourth-order valence-corrected chi connectivity index (χ4v) is 0.619. The van der Waals surface area contributed by atoms with Gasteiger partial charge in [-0.05, 0) is 12.8 Å². The molecule has 2 nitrogen and oxygen atoms in total. The fourth-order valence-electron chi connectivity index (χ4n) is 0.619. The van der Waals surface area contributed by atoms with Crippen LogP contribution in [0.15, 0.2) is 0 Å². The molecule has 1 fully saturated rings. The number of nitrogens with one attached hydrogen (secondary N) is 1. The Kier molecular flexibility index (Phi) is 1.29. The molecule has 1 aliphatic heterocycles. The zero-order valence-electron chi connectivity index (χ0n) is 4.11. The maximum atomic E-state index is 10.3. The van der Waals surface area contributed by atoms with E-state index < -0.39 is 0 Å². The Morgan fingerprint density at radius 3 is 2.86 bits per heavy atom. The minimum absolute atomic E-state index is 0.0891. The molecule has 2 heteroatoms. The van der Waals surface area contributed by atoms with Crippen molar-refractivity contribution in [1.82, 2.24) is 5.32 Å². The van der Waals surface area contributed by atoms with E-state index in [4.69, 9.17) is 0 Å². The van der Waals surface area contributed by atoms with E-state index in [1.165, 1.54) is 0 Å². The molecule has 1 amide bonds. The first kappa shape index (κ1) is 4.62. The van der Waals surface area contributed by atoms with Crippen LogP contribution in [0.2, 0.25) is 0 Å². The summed E-state index contributed by atoms with van der Waals surface area (Å²) >= 11 is 0. The van der Waals surface area contributed by atoms with Gasteiger partial charge in [0.15, 0.2) is 0 Å². The Bertz CT molecular complexity index is 72.1. The molecule has 1 N–H and O–H groups in total. The molecule has 1 aliphatic rings. The molecule has 0 aromatic heterocycles. The van der Waals surface area contributed by atoms with Crippen LogP contribution in [0.5, 0.6) is 0 Å². The molecule has 0 aliphatic carbocycles. The van der Waals surface area contributed by atoms with Gasteiger partial charge in [-0.3, -0.25) is 4.79 Å². The number of hydrogen-bond donors (Lipinski definition) is 1. The van der Waals surface area contributed by atoms with Gasteiger partial charge in [0.05, 0.1) is 0 Å². The van der Waals surface area contributed by atoms with Gasteiger partial charge in [-0.25, -0.2) is 0 Å². The molecular formula is C5H8NO. The van der Waals surface area contributed by atoms with Crippen molar-refractivity contribution < 1.29 is 4.79 Å². The van der Waals surface area contributed by atoms with E-state index in [1.54, 1.807) is 6.42 Å². The summed E-state index contributed by atoms with van der Waals surface area (Å²) in [6.07, 6.45) is 3.74. The zero-order chi connectivity index (χ0) is 5.11. The molecular weight excluding hydrogens is 90.1 g/mol. The van der Waals surface area contributed by atoms with Gasteiger partial charge in [0.2, 0.25) is 5.91 Å². The first-order valence-electron chi connectivity index (χ1n) is 2.50. The summed E-state index contributed by atoms with van der Waals surface area (Å²) in [5, 5.41) is 2.69. The second-order valence-corrected chi connectivity index (χ2v) is 1.64. The summed E-state index contributed by atoms with van der Waals surface area (Å²) in [5.74, 6) is 0.0891. The molecule has 7 heavy (non-hydrogen) atoms. The lowest BCUT2D eigenvalue weighted by Crippen LogP contribution is -2.28. The quantitative estimate of drug-likeness (QED) is 0.457. The first-order valence-corrected chi connectivity index (χ1v) is 2.50. The summed E-state index contributed by atoms with van der Waals surface area (Å²) in [7, 11) is 0. The minimum atomic E-state index is 0.0891. The molecule has 0 unspecified atom stereocenters. The molecule has 0 bridgehead atoms. The summed E-state index contributed by atoms with van der Waals surface area (Å²) in [6, 6.07) is 0. The van der Waals surface area contributed by atoms with E-state index in [2.05, 4.69) is 5.32 Å². The molecule has 0 atom stereocenters. The van der Waals surface area contributed by atoms with Gasteiger partial charge in [-0.15, -0.1) is 0 Å².